The molecule has 1 unspecified atom stereocenters. The molecule has 0 saturated carbocycles. The van der Waals surface area contributed by atoms with Crippen LogP contribution in [-0.2, 0) is 21.3 Å². The smallest absolute Gasteiger partial charge is 0.414 e. The van der Waals surface area contributed by atoms with Gasteiger partial charge in [-0.1, -0.05) is 19.9 Å². The number of tetrazole rings is 1. The molecule has 1 aliphatic heterocycles. The highest BCUT2D eigenvalue weighted by atomic mass is 19.1. The fraction of sp³-hybridized carbons (Fsp3) is 0.364. The van der Waals surface area contributed by atoms with E-state index in [4.69, 9.17) is 15.2 Å². The molecule has 1 aromatic carbocycles. The summed E-state index contributed by atoms with van der Waals surface area (Å²) in [6.45, 7) is 3.60. The summed E-state index contributed by atoms with van der Waals surface area (Å²) < 4.78 is 25.3. The maximum Gasteiger partial charge on any atom is 0.414 e. The molecule has 1 aliphatic rings. The zero-order valence-electron chi connectivity index (χ0n) is 18.9. The average molecular weight is 469 g/mol. The van der Waals surface area contributed by atoms with Crippen molar-refractivity contribution < 1.29 is 23.5 Å². The van der Waals surface area contributed by atoms with Gasteiger partial charge >= 0.3 is 12.1 Å². The minimum atomic E-state index is -0.754. The van der Waals surface area contributed by atoms with Gasteiger partial charge in [0.1, 0.15) is 24.2 Å². The number of nitrogens with two attached hydrogens (primary N) is 1. The van der Waals surface area contributed by atoms with Crippen molar-refractivity contribution >= 4 is 17.7 Å². The molecule has 11 nitrogen and oxygen atoms in total. The molecule has 178 valence electrons. The van der Waals surface area contributed by atoms with Crippen molar-refractivity contribution in [3.8, 4) is 22.6 Å². The van der Waals surface area contributed by atoms with Crippen LogP contribution in [0, 0.1) is 11.7 Å². The van der Waals surface area contributed by atoms with Crippen molar-refractivity contribution in [2.75, 3.05) is 18.1 Å². The molecule has 2 atom stereocenters. The van der Waals surface area contributed by atoms with Gasteiger partial charge in [-0.25, -0.2) is 9.18 Å². The summed E-state index contributed by atoms with van der Waals surface area (Å²) in [5, 5.41) is 11.7. The van der Waals surface area contributed by atoms with Crippen molar-refractivity contribution in [3.63, 3.8) is 0 Å². The van der Waals surface area contributed by atoms with Crippen molar-refractivity contribution in [1.82, 2.24) is 25.2 Å². The van der Waals surface area contributed by atoms with Crippen LogP contribution in [0.25, 0.3) is 22.6 Å². The second-order valence-electron chi connectivity index (χ2n) is 8.21. The number of aromatic nitrogens is 5. The first-order chi connectivity index (χ1) is 16.2. The lowest BCUT2D eigenvalue weighted by atomic mass is 10.1. The molecule has 0 spiro atoms. The van der Waals surface area contributed by atoms with Crippen LogP contribution in [0.1, 0.15) is 13.8 Å². The Labute approximate surface area is 194 Å². The van der Waals surface area contributed by atoms with E-state index in [-0.39, 0.29) is 19.1 Å². The first-order valence-electron chi connectivity index (χ1n) is 10.6. The fourth-order valence-electron chi connectivity index (χ4n) is 3.34. The standard InChI is InChI=1S/C22H24FN7O4/c1-12(2)19(24)21(31)33-11-15-10-30(22(32)34-15)14-5-6-16(17(23)8-14)13-4-7-18(25-9-13)20-26-28-29(3)27-20/h4-9,12,15,19H,10-11,24H2,1-3H3/t15-,19?/m1/s1. The number of pyridine rings is 1. The molecule has 2 aromatic heterocycles. The number of hydrogen-bond donors (Lipinski definition) is 1. The number of ether oxygens (including phenoxy) is 2. The van der Waals surface area contributed by atoms with Crippen molar-refractivity contribution in [2.45, 2.75) is 26.0 Å². The van der Waals surface area contributed by atoms with Crippen LogP contribution >= 0.6 is 0 Å². The number of esters is 1. The van der Waals surface area contributed by atoms with Gasteiger partial charge < -0.3 is 15.2 Å². The van der Waals surface area contributed by atoms with Crippen LogP contribution in [0.15, 0.2) is 36.5 Å². The molecule has 34 heavy (non-hydrogen) atoms. The maximum atomic E-state index is 14.9. The summed E-state index contributed by atoms with van der Waals surface area (Å²) in [6, 6.07) is 7.04. The molecule has 1 amide bonds. The van der Waals surface area contributed by atoms with Crippen LogP contribution in [0.3, 0.4) is 0 Å². The average Bonchev–Trinajstić information content (AvgIpc) is 3.42. The molecule has 3 heterocycles. The number of aryl methyl sites for hydroxylation is 1. The van der Waals surface area contributed by atoms with Gasteiger partial charge in [0.2, 0.25) is 5.82 Å². The molecule has 12 heteroatoms. The first-order valence-corrected chi connectivity index (χ1v) is 10.6. The summed E-state index contributed by atoms with van der Waals surface area (Å²) in [7, 11) is 1.65. The van der Waals surface area contributed by atoms with Crippen LogP contribution in [-0.4, -0.2) is 62.6 Å². The van der Waals surface area contributed by atoms with E-state index in [0.717, 1.165) is 0 Å². The van der Waals surface area contributed by atoms with Gasteiger partial charge in [0.05, 0.1) is 19.3 Å². The fourth-order valence-corrected chi connectivity index (χ4v) is 3.34. The molecule has 3 aromatic rings. The van der Waals surface area contributed by atoms with Crippen molar-refractivity contribution in [2.24, 2.45) is 18.7 Å². The lowest BCUT2D eigenvalue weighted by Gasteiger charge is -2.16. The van der Waals surface area contributed by atoms with E-state index in [2.05, 4.69) is 20.4 Å². The van der Waals surface area contributed by atoms with E-state index in [9.17, 15) is 14.0 Å². The molecule has 0 radical (unpaired) electrons. The van der Waals surface area contributed by atoms with Gasteiger partial charge in [0.25, 0.3) is 0 Å². The van der Waals surface area contributed by atoms with Crippen LogP contribution < -0.4 is 10.6 Å². The lowest BCUT2D eigenvalue weighted by Crippen LogP contribution is -2.38. The molecule has 0 bridgehead atoms. The Morgan fingerprint density at radius 1 is 1.32 bits per heavy atom. The number of cyclic esters (lactones) is 1. The second-order valence-corrected chi connectivity index (χ2v) is 8.21. The predicted octanol–water partition coefficient (Wildman–Crippen LogP) is 1.93. The van der Waals surface area contributed by atoms with E-state index in [1.807, 2.05) is 0 Å². The van der Waals surface area contributed by atoms with E-state index in [1.54, 1.807) is 45.2 Å². The number of carbonyl (C=O) groups is 2. The SMILES string of the molecule is CC(C)C(N)C(=O)OC[C@H]1CN(c2ccc(-c3ccc(-c4nnn(C)n4)nc3)c(F)c2)C(=O)O1. The van der Waals surface area contributed by atoms with Gasteiger partial charge in [-0.3, -0.25) is 14.7 Å². The number of carbonyl (C=O) groups excluding carboxylic acids is 2. The predicted molar refractivity (Wildman–Crippen MR) is 119 cm³/mol. The van der Waals surface area contributed by atoms with Gasteiger partial charge in [0.15, 0.2) is 6.10 Å². The number of nitrogens with zero attached hydrogens (tertiary/aromatic N) is 6. The zero-order chi connectivity index (χ0) is 24.4. The Morgan fingerprint density at radius 3 is 2.74 bits per heavy atom. The van der Waals surface area contributed by atoms with Gasteiger partial charge in [-0.2, -0.15) is 4.80 Å². The summed E-state index contributed by atoms with van der Waals surface area (Å²) >= 11 is 0. The monoisotopic (exact) mass is 469 g/mol. The number of benzene rings is 1. The number of amides is 1. The zero-order valence-corrected chi connectivity index (χ0v) is 18.9. The Hall–Kier alpha value is -3.93. The molecule has 2 N–H and O–H groups in total. The maximum absolute atomic E-state index is 14.9. The minimum Gasteiger partial charge on any atom is -0.460 e. The molecule has 4 rings (SSSR count). The summed E-state index contributed by atoms with van der Waals surface area (Å²) in [6.07, 6.45) is 0.189. The summed E-state index contributed by atoms with van der Waals surface area (Å²) in [5.41, 5.74) is 7.46. The van der Waals surface area contributed by atoms with Crippen molar-refractivity contribution in [1.29, 1.82) is 0 Å². The van der Waals surface area contributed by atoms with E-state index in [1.165, 1.54) is 22.0 Å². The van der Waals surface area contributed by atoms with E-state index >= 15 is 0 Å². The summed E-state index contributed by atoms with van der Waals surface area (Å²) in [4.78, 5) is 31.1. The number of halogens is 1. The summed E-state index contributed by atoms with van der Waals surface area (Å²) in [5.74, 6) is -0.805. The Kier molecular flexibility index (Phi) is 6.50. The Balaban J connectivity index is 1.43. The van der Waals surface area contributed by atoms with Gasteiger partial charge in [0, 0.05) is 17.3 Å². The first kappa shape index (κ1) is 23.2. The lowest BCUT2D eigenvalue weighted by molar-refractivity contribution is -0.148. The van der Waals surface area contributed by atoms with Crippen molar-refractivity contribution in [3.05, 3.63) is 42.3 Å². The quantitative estimate of drug-likeness (QED) is 0.514. The number of rotatable bonds is 7. The van der Waals surface area contributed by atoms with Crippen LogP contribution in [0.2, 0.25) is 0 Å². The molecular formula is C22H24FN7O4. The number of anilines is 1. The molecule has 1 fully saturated rings. The van der Waals surface area contributed by atoms with Crippen LogP contribution in [0.4, 0.5) is 14.9 Å². The molecule has 0 aliphatic carbocycles. The van der Waals surface area contributed by atoms with E-state index < -0.39 is 30.0 Å². The highest BCUT2D eigenvalue weighted by Crippen LogP contribution is 2.29. The second kappa shape index (κ2) is 9.51. The number of hydrogen-bond acceptors (Lipinski definition) is 9. The molecular weight excluding hydrogens is 445 g/mol. The highest BCUT2D eigenvalue weighted by Gasteiger charge is 2.34. The largest absolute Gasteiger partial charge is 0.460 e. The topological polar surface area (TPSA) is 138 Å². The minimum absolute atomic E-state index is 0.0771. The highest BCUT2D eigenvalue weighted by molar-refractivity contribution is 5.90. The Bertz CT molecular complexity index is 1200. The third-order valence-electron chi connectivity index (χ3n) is 5.35. The molecule has 1 saturated heterocycles. The third kappa shape index (κ3) is 4.86. The van der Waals surface area contributed by atoms with Crippen LogP contribution in [0.5, 0.6) is 0 Å². The van der Waals surface area contributed by atoms with Gasteiger partial charge in [-0.15, -0.1) is 10.2 Å². The van der Waals surface area contributed by atoms with E-state index in [0.29, 0.717) is 28.3 Å². The Morgan fingerprint density at radius 2 is 2.12 bits per heavy atom. The normalized spacial score (nSPS) is 16.6. The van der Waals surface area contributed by atoms with Gasteiger partial charge in [-0.05, 0) is 35.4 Å². The third-order valence-corrected chi connectivity index (χ3v) is 5.35.